The fourth-order valence-corrected chi connectivity index (χ4v) is 2.89. The first-order valence-corrected chi connectivity index (χ1v) is 8.59. The summed E-state index contributed by atoms with van der Waals surface area (Å²) in [5.41, 5.74) is 2.24. The molecule has 2 aromatic heterocycles. The molecule has 3 rings (SSSR count). The van der Waals surface area contributed by atoms with Gasteiger partial charge in [-0.25, -0.2) is 9.48 Å². The molecule has 0 fully saturated rings. The van der Waals surface area contributed by atoms with Crippen molar-refractivity contribution in [3.63, 3.8) is 0 Å². The van der Waals surface area contributed by atoms with Crippen LogP contribution in [0.1, 0.15) is 20.9 Å². The number of esters is 1. The number of hydrogen-bond donors (Lipinski definition) is 1. The molecule has 0 saturated carbocycles. The smallest absolute Gasteiger partial charge is 0.338 e. The van der Waals surface area contributed by atoms with Crippen molar-refractivity contribution in [1.82, 2.24) is 15.1 Å². The van der Waals surface area contributed by atoms with Crippen LogP contribution in [0.5, 0.6) is 0 Å². The Labute approximate surface area is 149 Å². The molecule has 0 unspecified atom stereocenters. The van der Waals surface area contributed by atoms with Gasteiger partial charge < -0.3 is 10.1 Å². The van der Waals surface area contributed by atoms with Gasteiger partial charge in [0.2, 0.25) is 0 Å². The van der Waals surface area contributed by atoms with Crippen molar-refractivity contribution in [2.24, 2.45) is 0 Å². The molecule has 128 valence electrons. The summed E-state index contributed by atoms with van der Waals surface area (Å²) in [5, 5.41) is 8.86. The monoisotopic (exact) mass is 355 g/mol. The predicted molar refractivity (Wildman–Crippen MR) is 94.7 cm³/mol. The van der Waals surface area contributed by atoms with Gasteiger partial charge in [0.25, 0.3) is 5.91 Å². The molecule has 0 bridgehead atoms. The average Bonchev–Trinajstić information content (AvgIpc) is 3.29. The third kappa shape index (κ3) is 4.33. The number of carbonyl (C=O) groups is 2. The van der Waals surface area contributed by atoms with Gasteiger partial charge >= 0.3 is 5.97 Å². The Bertz CT molecular complexity index is 854. The zero-order chi connectivity index (χ0) is 17.6. The maximum Gasteiger partial charge on any atom is 0.338 e. The van der Waals surface area contributed by atoms with E-state index in [-0.39, 0.29) is 12.5 Å². The number of aryl methyl sites for hydroxylation is 1. The number of ether oxygens (including phenoxy) is 1. The molecule has 7 heteroatoms. The van der Waals surface area contributed by atoms with Crippen LogP contribution < -0.4 is 5.32 Å². The zero-order valence-corrected chi connectivity index (χ0v) is 14.5. The summed E-state index contributed by atoms with van der Waals surface area (Å²) in [7, 11) is 0. The number of amides is 1. The van der Waals surface area contributed by atoms with E-state index in [0.717, 1.165) is 16.3 Å². The minimum atomic E-state index is -0.532. The molecule has 0 aliphatic heterocycles. The van der Waals surface area contributed by atoms with Crippen molar-refractivity contribution >= 4 is 23.2 Å². The highest BCUT2D eigenvalue weighted by Gasteiger charge is 2.11. The van der Waals surface area contributed by atoms with Crippen molar-refractivity contribution in [3.8, 4) is 5.69 Å². The molecule has 1 aromatic carbocycles. The first-order valence-electron chi connectivity index (χ1n) is 7.71. The molecule has 0 radical (unpaired) electrons. The number of thiophene rings is 1. The summed E-state index contributed by atoms with van der Waals surface area (Å²) in [6.45, 7) is 2.08. The highest BCUT2D eigenvalue weighted by atomic mass is 32.1. The van der Waals surface area contributed by atoms with Gasteiger partial charge in [-0.2, -0.15) is 5.10 Å². The highest BCUT2D eigenvalue weighted by Crippen LogP contribution is 2.12. The number of aromatic nitrogens is 2. The van der Waals surface area contributed by atoms with E-state index < -0.39 is 5.97 Å². The fraction of sp³-hybridized carbons (Fsp3) is 0.167. The van der Waals surface area contributed by atoms with Gasteiger partial charge in [0.05, 0.1) is 17.8 Å². The largest absolute Gasteiger partial charge is 0.452 e. The number of hydrogen-bond acceptors (Lipinski definition) is 5. The van der Waals surface area contributed by atoms with Crippen LogP contribution in [0.3, 0.4) is 0 Å². The van der Waals surface area contributed by atoms with Gasteiger partial charge in [-0.1, -0.05) is 6.07 Å². The van der Waals surface area contributed by atoms with Gasteiger partial charge in [0.15, 0.2) is 6.61 Å². The van der Waals surface area contributed by atoms with Gasteiger partial charge in [-0.05, 0) is 48.7 Å². The molecule has 0 saturated heterocycles. The number of nitrogens with one attached hydrogen (secondary N) is 1. The van der Waals surface area contributed by atoms with Gasteiger partial charge in [0.1, 0.15) is 0 Å². The Balaban J connectivity index is 1.51. The van der Waals surface area contributed by atoms with Gasteiger partial charge in [0, 0.05) is 16.8 Å². The van der Waals surface area contributed by atoms with Crippen LogP contribution in [-0.4, -0.2) is 28.3 Å². The van der Waals surface area contributed by atoms with Crippen LogP contribution in [-0.2, 0) is 16.1 Å². The van der Waals surface area contributed by atoms with E-state index >= 15 is 0 Å². The second kappa shape index (κ2) is 7.76. The van der Waals surface area contributed by atoms with E-state index in [1.807, 2.05) is 30.5 Å². The van der Waals surface area contributed by atoms with Crippen LogP contribution in [0.15, 0.2) is 54.0 Å². The third-order valence-electron chi connectivity index (χ3n) is 3.55. The van der Waals surface area contributed by atoms with E-state index in [4.69, 9.17) is 4.74 Å². The van der Waals surface area contributed by atoms with Crippen LogP contribution in [0.4, 0.5) is 0 Å². The first-order chi connectivity index (χ1) is 12.1. The molecule has 1 N–H and O–H groups in total. The number of benzene rings is 1. The van der Waals surface area contributed by atoms with Crippen molar-refractivity contribution in [2.45, 2.75) is 13.5 Å². The topological polar surface area (TPSA) is 73.2 Å². The van der Waals surface area contributed by atoms with E-state index in [1.165, 1.54) is 0 Å². The molecule has 0 aliphatic carbocycles. The van der Waals surface area contributed by atoms with Crippen molar-refractivity contribution < 1.29 is 14.3 Å². The SMILES string of the molecule is Cc1ccnn1-c1ccc(C(=O)OCC(=O)NCc2cccs2)cc1. The second-order valence-electron chi connectivity index (χ2n) is 5.36. The minimum absolute atomic E-state index is 0.301. The molecule has 1 amide bonds. The molecule has 0 atom stereocenters. The Morgan fingerprint density at radius 3 is 2.64 bits per heavy atom. The Morgan fingerprint density at radius 2 is 2.00 bits per heavy atom. The second-order valence-corrected chi connectivity index (χ2v) is 6.40. The highest BCUT2D eigenvalue weighted by molar-refractivity contribution is 7.09. The molecular weight excluding hydrogens is 338 g/mol. The van der Waals surface area contributed by atoms with E-state index in [2.05, 4.69) is 10.4 Å². The molecule has 3 aromatic rings. The summed E-state index contributed by atoms with van der Waals surface area (Å²) >= 11 is 1.56. The van der Waals surface area contributed by atoms with Crippen LogP contribution >= 0.6 is 11.3 Å². The molecule has 0 spiro atoms. The van der Waals surface area contributed by atoms with Crippen molar-refractivity contribution in [1.29, 1.82) is 0 Å². The molecule has 0 aliphatic rings. The third-order valence-corrected chi connectivity index (χ3v) is 4.43. The van der Waals surface area contributed by atoms with E-state index in [0.29, 0.717) is 12.1 Å². The summed E-state index contributed by atoms with van der Waals surface area (Å²) in [4.78, 5) is 24.8. The summed E-state index contributed by atoms with van der Waals surface area (Å²) in [6, 6.07) is 12.6. The summed E-state index contributed by atoms with van der Waals surface area (Å²) in [5.74, 6) is -0.861. The molecular formula is C18H17N3O3S. The fourth-order valence-electron chi connectivity index (χ4n) is 2.24. The minimum Gasteiger partial charge on any atom is -0.452 e. The number of carbonyl (C=O) groups excluding carboxylic acids is 2. The lowest BCUT2D eigenvalue weighted by molar-refractivity contribution is -0.124. The first kappa shape index (κ1) is 16.9. The quantitative estimate of drug-likeness (QED) is 0.690. The average molecular weight is 355 g/mol. The number of rotatable bonds is 6. The molecule has 25 heavy (non-hydrogen) atoms. The Hall–Kier alpha value is -2.93. The van der Waals surface area contributed by atoms with Crippen molar-refractivity contribution in [2.75, 3.05) is 6.61 Å². The van der Waals surface area contributed by atoms with Gasteiger partial charge in [-0.15, -0.1) is 11.3 Å². The molecule has 6 nitrogen and oxygen atoms in total. The van der Waals surface area contributed by atoms with E-state index in [9.17, 15) is 9.59 Å². The zero-order valence-electron chi connectivity index (χ0n) is 13.6. The maximum absolute atomic E-state index is 12.0. The maximum atomic E-state index is 12.0. The van der Waals surface area contributed by atoms with Gasteiger partial charge in [-0.3, -0.25) is 4.79 Å². The lowest BCUT2D eigenvalue weighted by Gasteiger charge is -2.07. The Morgan fingerprint density at radius 1 is 1.20 bits per heavy atom. The van der Waals surface area contributed by atoms with Crippen LogP contribution in [0.25, 0.3) is 5.69 Å². The van der Waals surface area contributed by atoms with Crippen LogP contribution in [0, 0.1) is 6.92 Å². The Kier molecular flexibility index (Phi) is 5.25. The normalized spacial score (nSPS) is 10.4. The lowest BCUT2D eigenvalue weighted by Crippen LogP contribution is -2.28. The van der Waals surface area contributed by atoms with E-state index in [1.54, 1.807) is 46.5 Å². The van der Waals surface area contributed by atoms with Crippen LogP contribution in [0.2, 0.25) is 0 Å². The predicted octanol–water partition coefficient (Wildman–Crippen LogP) is 2.72. The summed E-state index contributed by atoms with van der Waals surface area (Å²) in [6.07, 6.45) is 1.71. The summed E-state index contributed by atoms with van der Waals surface area (Å²) < 4.78 is 6.82. The lowest BCUT2D eigenvalue weighted by atomic mass is 10.2. The van der Waals surface area contributed by atoms with Crippen molar-refractivity contribution in [3.05, 3.63) is 70.2 Å². The standard InChI is InChI=1S/C18H17N3O3S/c1-13-8-9-20-21(13)15-6-4-14(5-7-15)18(23)24-12-17(22)19-11-16-3-2-10-25-16/h2-10H,11-12H2,1H3,(H,19,22). The molecule has 2 heterocycles. The number of nitrogens with zero attached hydrogens (tertiary/aromatic N) is 2.